The Balaban J connectivity index is 1.13. The molecular formula is C24H23ClN2O4. The Bertz CT molecular complexity index is 1050. The minimum atomic E-state index is -0.0586. The van der Waals surface area contributed by atoms with Crippen LogP contribution in [-0.4, -0.2) is 54.6 Å². The Morgan fingerprint density at radius 1 is 0.968 bits per heavy atom. The lowest BCUT2D eigenvalue weighted by molar-refractivity contribution is -0.138. The van der Waals surface area contributed by atoms with Crippen LogP contribution in [0.5, 0.6) is 11.5 Å². The Hall–Kier alpha value is -2.99. The second-order valence-electron chi connectivity index (χ2n) is 8.07. The van der Waals surface area contributed by atoms with Crippen molar-refractivity contribution in [1.29, 1.82) is 0 Å². The number of carbonyl (C=O) groups excluding carboxylic acids is 2. The van der Waals surface area contributed by atoms with E-state index in [4.69, 9.17) is 21.1 Å². The molecule has 3 aliphatic rings. The smallest absolute Gasteiger partial charge is 0.246 e. The number of benzene rings is 2. The lowest BCUT2D eigenvalue weighted by Crippen LogP contribution is -2.50. The predicted molar refractivity (Wildman–Crippen MR) is 117 cm³/mol. The molecule has 160 valence electrons. The van der Waals surface area contributed by atoms with Crippen molar-refractivity contribution in [3.63, 3.8) is 0 Å². The third kappa shape index (κ3) is 4.12. The fraction of sp³-hybridized carbons (Fsp3) is 0.333. The van der Waals surface area contributed by atoms with Crippen molar-refractivity contribution in [2.24, 2.45) is 5.92 Å². The highest BCUT2D eigenvalue weighted by atomic mass is 35.5. The van der Waals surface area contributed by atoms with Crippen molar-refractivity contribution < 1.29 is 19.1 Å². The van der Waals surface area contributed by atoms with E-state index in [9.17, 15) is 9.59 Å². The maximum absolute atomic E-state index is 12.9. The van der Waals surface area contributed by atoms with Crippen molar-refractivity contribution in [3.05, 3.63) is 64.7 Å². The molecule has 2 aliphatic heterocycles. The first kappa shape index (κ1) is 19.9. The molecule has 0 N–H and O–H groups in total. The lowest BCUT2D eigenvalue weighted by atomic mass is 10.1. The minimum Gasteiger partial charge on any atom is -0.454 e. The zero-order valence-electron chi connectivity index (χ0n) is 17.0. The number of amides is 2. The van der Waals surface area contributed by atoms with E-state index in [-0.39, 0.29) is 30.4 Å². The molecule has 1 aliphatic carbocycles. The fourth-order valence-electron chi connectivity index (χ4n) is 4.24. The van der Waals surface area contributed by atoms with Crippen molar-refractivity contribution in [2.75, 3.05) is 33.0 Å². The first-order valence-electron chi connectivity index (χ1n) is 10.5. The highest BCUT2D eigenvalue weighted by molar-refractivity contribution is 6.32. The van der Waals surface area contributed by atoms with Crippen LogP contribution in [0.25, 0.3) is 6.08 Å². The van der Waals surface area contributed by atoms with Crippen LogP contribution < -0.4 is 9.47 Å². The predicted octanol–water partition coefficient (Wildman–Crippen LogP) is 3.56. The number of carbonyl (C=O) groups is 2. The molecule has 1 saturated heterocycles. The maximum atomic E-state index is 12.9. The summed E-state index contributed by atoms with van der Waals surface area (Å²) in [5, 5.41) is 0.614. The van der Waals surface area contributed by atoms with Gasteiger partial charge in [0.1, 0.15) is 0 Å². The number of hydrogen-bond donors (Lipinski definition) is 0. The van der Waals surface area contributed by atoms with Crippen LogP contribution in [0.4, 0.5) is 0 Å². The van der Waals surface area contributed by atoms with Gasteiger partial charge in [0.05, 0.1) is 0 Å². The van der Waals surface area contributed by atoms with E-state index >= 15 is 0 Å². The van der Waals surface area contributed by atoms with Crippen LogP contribution in [-0.2, 0) is 9.59 Å². The summed E-state index contributed by atoms with van der Waals surface area (Å²) in [5.41, 5.74) is 1.94. The third-order valence-corrected chi connectivity index (χ3v) is 6.49. The Morgan fingerprint density at radius 2 is 1.71 bits per heavy atom. The number of fused-ring (bicyclic) bond motifs is 1. The van der Waals surface area contributed by atoms with Gasteiger partial charge < -0.3 is 19.3 Å². The number of halogens is 1. The number of hydrogen-bond acceptors (Lipinski definition) is 4. The molecule has 2 amide bonds. The van der Waals surface area contributed by atoms with Gasteiger partial charge in [0.2, 0.25) is 18.6 Å². The second kappa shape index (κ2) is 8.27. The Morgan fingerprint density at radius 3 is 2.52 bits per heavy atom. The van der Waals surface area contributed by atoms with E-state index in [2.05, 4.69) is 0 Å². The van der Waals surface area contributed by atoms with Gasteiger partial charge in [-0.2, -0.15) is 0 Å². The summed E-state index contributed by atoms with van der Waals surface area (Å²) >= 11 is 6.13. The monoisotopic (exact) mass is 438 g/mol. The standard InChI is InChI=1S/C24H23ClN2O4/c25-20-4-2-1-3-16(20)6-8-23(28)26-9-11-27(12-10-26)24(29)19-14-18(19)17-5-7-21-22(13-17)31-15-30-21/h1-8,13,18-19H,9-12,14-15H2/b8-6+. The molecule has 0 aromatic heterocycles. The van der Waals surface area contributed by atoms with E-state index < -0.39 is 0 Å². The van der Waals surface area contributed by atoms with Crippen LogP contribution >= 0.6 is 11.6 Å². The van der Waals surface area contributed by atoms with E-state index in [0.717, 1.165) is 29.0 Å². The van der Waals surface area contributed by atoms with E-state index in [0.29, 0.717) is 31.2 Å². The van der Waals surface area contributed by atoms with Gasteiger partial charge in [-0.1, -0.05) is 35.9 Å². The highest BCUT2D eigenvalue weighted by Gasteiger charge is 2.46. The number of nitrogens with zero attached hydrogens (tertiary/aromatic N) is 2. The molecule has 2 aromatic carbocycles. The molecule has 5 rings (SSSR count). The molecule has 31 heavy (non-hydrogen) atoms. The molecule has 2 heterocycles. The summed E-state index contributed by atoms with van der Waals surface area (Å²) < 4.78 is 10.8. The summed E-state index contributed by atoms with van der Waals surface area (Å²) in [6, 6.07) is 13.3. The zero-order valence-corrected chi connectivity index (χ0v) is 17.8. The normalized spacial score (nSPS) is 22.1. The summed E-state index contributed by atoms with van der Waals surface area (Å²) in [7, 11) is 0. The molecule has 1 saturated carbocycles. The van der Waals surface area contributed by atoms with Gasteiger partial charge in [0.25, 0.3) is 0 Å². The molecule has 0 spiro atoms. The summed E-state index contributed by atoms with van der Waals surface area (Å²) in [4.78, 5) is 29.1. The van der Waals surface area contributed by atoms with E-state index in [1.165, 1.54) is 0 Å². The van der Waals surface area contributed by atoms with Crippen molar-refractivity contribution in [1.82, 2.24) is 9.80 Å². The average molecular weight is 439 g/mol. The quantitative estimate of drug-likeness (QED) is 0.685. The van der Waals surface area contributed by atoms with Crippen molar-refractivity contribution >= 4 is 29.5 Å². The number of rotatable bonds is 4. The molecule has 0 radical (unpaired) electrons. The lowest BCUT2D eigenvalue weighted by Gasteiger charge is -2.34. The average Bonchev–Trinajstić information content (AvgIpc) is 3.46. The van der Waals surface area contributed by atoms with Gasteiger partial charge in [-0.3, -0.25) is 9.59 Å². The first-order valence-corrected chi connectivity index (χ1v) is 10.9. The van der Waals surface area contributed by atoms with Gasteiger partial charge >= 0.3 is 0 Å². The van der Waals surface area contributed by atoms with Crippen LogP contribution in [0.2, 0.25) is 5.02 Å². The van der Waals surface area contributed by atoms with Crippen molar-refractivity contribution in [3.8, 4) is 11.5 Å². The molecule has 2 unspecified atom stereocenters. The highest BCUT2D eigenvalue weighted by Crippen LogP contribution is 2.50. The number of ether oxygens (including phenoxy) is 2. The van der Waals surface area contributed by atoms with E-state index in [1.807, 2.05) is 41.3 Å². The Labute approximate surface area is 186 Å². The molecule has 0 bridgehead atoms. The topological polar surface area (TPSA) is 59.1 Å². The third-order valence-electron chi connectivity index (χ3n) is 6.15. The van der Waals surface area contributed by atoms with Gasteiger partial charge in [0, 0.05) is 43.2 Å². The second-order valence-corrected chi connectivity index (χ2v) is 8.47. The fourth-order valence-corrected chi connectivity index (χ4v) is 4.44. The van der Waals surface area contributed by atoms with Gasteiger partial charge in [0.15, 0.2) is 11.5 Å². The van der Waals surface area contributed by atoms with Gasteiger partial charge in [-0.05, 0) is 47.7 Å². The molecule has 2 aromatic rings. The van der Waals surface area contributed by atoms with Crippen LogP contribution in [0, 0.1) is 5.92 Å². The number of piperazine rings is 1. The summed E-state index contributed by atoms with van der Waals surface area (Å²) in [6.45, 7) is 2.46. The Kier molecular flexibility index (Phi) is 5.32. The maximum Gasteiger partial charge on any atom is 0.246 e. The van der Waals surface area contributed by atoms with Crippen molar-refractivity contribution in [2.45, 2.75) is 12.3 Å². The molecule has 2 atom stereocenters. The van der Waals surface area contributed by atoms with Crippen LogP contribution in [0.3, 0.4) is 0 Å². The molecule has 7 heteroatoms. The summed E-state index contributed by atoms with van der Waals surface area (Å²) in [6.07, 6.45) is 4.15. The SMILES string of the molecule is O=C(/C=C/c1ccccc1Cl)N1CCN(C(=O)C2CC2c2ccc3c(c2)OCO3)CC1. The van der Waals surface area contributed by atoms with Gasteiger partial charge in [-0.25, -0.2) is 0 Å². The minimum absolute atomic E-state index is 0.0164. The van der Waals surface area contributed by atoms with Gasteiger partial charge in [-0.15, -0.1) is 0 Å². The van der Waals surface area contributed by atoms with Crippen LogP contribution in [0.1, 0.15) is 23.5 Å². The zero-order chi connectivity index (χ0) is 21.4. The van der Waals surface area contributed by atoms with E-state index in [1.54, 1.807) is 23.1 Å². The molecule has 6 nitrogen and oxygen atoms in total. The first-order chi connectivity index (χ1) is 15.1. The molecular weight excluding hydrogens is 416 g/mol. The van der Waals surface area contributed by atoms with Crippen LogP contribution in [0.15, 0.2) is 48.5 Å². The largest absolute Gasteiger partial charge is 0.454 e. The summed E-state index contributed by atoms with van der Waals surface area (Å²) in [5.74, 6) is 1.89. The molecule has 2 fully saturated rings.